The summed E-state index contributed by atoms with van der Waals surface area (Å²) in [6.07, 6.45) is 2.63. The van der Waals surface area contributed by atoms with Gasteiger partial charge in [0.1, 0.15) is 5.84 Å². The van der Waals surface area contributed by atoms with E-state index < -0.39 is 0 Å². The van der Waals surface area contributed by atoms with E-state index in [9.17, 15) is 4.79 Å². The second-order valence-corrected chi connectivity index (χ2v) is 4.33. The summed E-state index contributed by atoms with van der Waals surface area (Å²) in [7, 11) is 0. The Morgan fingerprint density at radius 2 is 2.11 bits per heavy atom. The number of amides is 1. The summed E-state index contributed by atoms with van der Waals surface area (Å²) in [5, 5.41) is 0. The number of aliphatic imine (C=N–C) groups is 3. The minimum atomic E-state index is -0.288. The zero-order chi connectivity index (χ0) is 14.0. The molecule has 0 spiro atoms. The molecule has 0 aliphatic carbocycles. The highest BCUT2D eigenvalue weighted by atomic mass is 16.1. The van der Waals surface area contributed by atoms with Gasteiger partial charge in [0.15, 0.2) is 0 Å². The number of carbonyl (C=O) groups excluding carboxylic acids is 1. The molecule has 0 heterocycles. The van der Waals surface area contributed by atoms with Crippen molar-refractivity contribution >= 4 is 24.8 Å². The highest BCUT2D eigenvalue weighted by Gasteiger charge is 2.17. The van der Waals surface area contributed by atoms with E-state index in [2.05, 4.69) is 21.7 Å². The molecule has 6 heteroatoms. The Labute approximate surface area is 108 Å². The van der Waals surface area contributed by atoms with Crippen LogP contribution in [0.3, 0.4) is 0 Å². The van der Waals surface area contributed by atoms with Gasteiger partial charge in [0.05, 0.1) is 18.8 Å². The van der Waals surface area contributed by atoms with Crippen molar-refractivity contribution in [3.05, 3.63) is 0 Å². The fourth-order valence-electron chi connectivity index (χ4n) is 1.28. The molecule has 0 aliphatic heterocycles. The molecule has 0 saturated carbocycles. The molecule has 0 radical (unpaired) electrons. The van der Waals surface area contributed by atoms with Gasteiger partial charge >= 0.3 is 0 Å². The first kappa shape index (κ1) is 16.3. The average molecular weight is 253 g/mol. The summed E-state index contributed by atoms with van der Waals surface area (Å²) in [6, 6.07) is 0. The van der Waals surface area contributed by atoms with Gasteiger partial charge in [0.2, 0.25) is 0 Å². The average Bonchev–Trinajstić information content (AvgIpc) is 2.33. The molecule has 1 amide bonds. The normalized spacial score (nSPS) is 14.1. The third-order valence-corrected chi connectivity index (χ3v) is 2.48. The van der Waals surface area contributed by atoms with Gasteiger partial charge in [-0.1, -0.05) is 13.8 Å². The maximum Gasteiger partial charge on any atom is 0.252 e. The Kier molecular flexibility index (Phi) is 8.43. The summed E-state index contributed by atoms with van der Waals surface area (Å²) in [4.78, 5) is 23.5. The van der Waals surface area contributed by atoms with Crippen molar-refractivity contribution in [2.75, 3.05) is 13.1 Å². The molecule has 102 valence electrons. The minimum Gasteiger partial charge on any atom is -0.390 e. The van der Waals surface area contributed by atoms with E-state index in [0.29, 0.717) is 25.3 Å². The topological polar surface area (TPSA) is 106 Å². The lowest BCUT2D eigenvalue weighted by atomic mass is 10.0. The fraction of sp³-hybridized carbons (Fsp3) is 0.667. The van der Waals surface area contributed by atoms with Crippen molar-refractivity contribution < 1.29 is 4.79 Å². The fourth-order valence-corrected chi connectivity index (χ4v) is 1.28. The predicted molar refractivity (Wildman–Crippen MR) is 76.2 cm³/mol. The smallest absolute Gasteiger partial charge is 0.252 e. The quantitative estimate of drug-likeness (QED) is 0.376. The van der Waals surface area contributed by atoms with Gasteiger partial charge in [0.25, 0.3) is 5.91 Å². The van der Waals surface area contributed by atoms with Crippen LogP contribution in [0, 0.1) is 11.8 Å². The molecule has 0 rings (SSSR count). The van der Waals surface area contributed by atoms with Gasteiger partial charge in [-0.05, 0) is 19.6 Å². The lowest BCUT2D eigenvalue weighted by Gasteiger charge is -2.11. The molecule has 4 N–H and O–H groups in total. The van der Waals surface area contributed by atoms with Gasteiger partial charge < -0.3 is 16.5 Å². The molecule has 0 aliphatic rings. The molecule has 18 heavy (non-hydrogen) atoms. The van der Waals surface area contributed by atoms with Crippen LogP contribution in [0.15, 0.2) is 15.0 Å². The molecule has 1 unspecified atom stereocenters. The van der Waals surface area contributed by atoms with E-state index in [1.165, 1.54) is 6.34 Å². The zero-order valence-electron chi connectivity index (χ0n) is 11.2. The van der Waals surface area contributed by atoms with Crippen LogP contribution in [0.4, 0.5) is 0 Å². The first-order chi connectivity index (χ1) is 8.52. The second-order valence-electron chi connectivity index (χ2n) is 4.33. The molecule has 0 aromatic carbocycles. The number of hydrogen-bond acceptors (Lipinski definition) is 3. The van der Waals surface area contributed by atoms with Gasteiger partial charge in [-0.25, -0.2) is 4.99 Å². The number of hydrogen-bond donors (Lipinski definition) is 2. The molecule has 1 atom stereocenters. The third-order valence-electron chi connectivity index (χ3n) is 2.48. The van der Waals surface area contributed by atoms with Crippen molar-refractivity contribution in [2.45, 2.75) is 26.7 Å². The van der Waals surface area contributed by atoms with Crippen LogP contribution in [-0.2, 0) is 4.79 Å². The van der Waals surface area contributed by atoms with E-state index >= 15 is 0 Å². The Morgan fingerprint density at radius 1 is 1.44 bits per heavy atom. The highest BCUT2D eigenvalue weighted by Crippen LogP contribution is 2.10. The van der Waals surface area contributed by atoms with Crippen LogP contribution >= 0.6 is 0 Å². The predicted octanol–water partition coefficient (Wildman–Crippen LogP) is 0.610. The molecule has 0 aromatic heterocycles. The van der Waals surface area contributed by atoms with Crippen molar-refractivity contribution in [1.82, 2.24) is 0 Å². The van der Waals surface area contributed by atoms with E-state index in [4.69, 9.17) is 11.5 Å². The lowest BCUT2D eigenvalue weighted by molar-refractivity contribution is -0.121. The Balaban J connectivity index is 4.57. The van der Waals surface area contributed by atoms with Crippen molar-refractivity contribution in [3.8, 4) is 0 Å². The van der Waals surface area contributed by atoms with Crippen LogP contribution in [0.5, 0.6) is 0 Å². The van der Waals surface area contributed by atoms with Crippen LogP contribution in [0.25, 0.3) is 0 Å². The molecular weight excluding hydrogens is 230 g/mol. The monoisotopic (exact) mass is 253 g/mol. The lowest BCUT2D eigenvalue weighted by Crippen LogP contribution is -2.24. The van der Waals surface area contributed by atoms with Crippen LogP contribution in [0.2, 0.25) is 0 Å². The van der Waals surface area contributed by atoms with Crippen LogP contribution in [-0.4, -0.2) is 37.9 Å². The standard InChI is InChI=1S/C12H23N5O/c1-9(2)11(14)17-12(18)10(7-16-8-13)5-4-6-15-3/h8-10H,3-7H2,1-2H3,(H2,13,16)(H2,14,17,18). The van der Waals surface area contributed by atoms with Crippen molar-refractivity contribution in [3.63, 3.8) is 0 Å². The Morgan fingerprint density at radius 3 is 2.61 bits per heavy atom. The van der Waals surface area contributed by atoms with Crippen LogP contribution in [0.1, 0.15) is 26.7 Å². The van der Waals surface area contributed by atoms with Crippen molar-refractivity contribution in [1.29, 1.82) is 0 Å². The summed E-state index contributed by atoms with van der Waals surface area (Å²) < 4.78 is 0. The number of carbonyl (C=O) groups is 1. The van der Waals surface area contributed by atoms with Gasteiger partial charge in [0, 0.05) is 12.5 Å². The summed E-state index contributed by atoms with van der Waals surface area (Å²) in [6.45, 7) is 8.14. The second kappa shape index (κ2) is 9.32. The van der Waals surface area contributed by atoms with Gasteiger partial charge in [-0.3, -0.25) is 9.79 Å². The maximum atomic E-state index is 11.9. The Bertz CT molecular complexity index is 322. The summed E-state index contributed by atoms with van der Waals surface area (Å²) in [5.41, 5.74) is 10.9. The largest absolute Gasteiger partial charge is 0.390 e. The molecule has 0 fully saturated rings. The molecule has 6 nitrogen and oxygen atoms in total. The molecule has 0 aromatic rings. The van der Waals surface area contributed by atoms with E-state index in [1.807, 2.05) is 13.8 Å². The number of nitrogens with two attached hydrogens (primary N) is 2. The first-order valence-corrected chi connectivity index (χ1v) is 6.03. The zero-order valence-corrected chi connectivity index (χ0v) is 11.2. The third kappa shape index (κ3) is 6.78. The van der Waals surface area contributed by atoms with E-state index in [0.717, 1.165) is 6.42 Å². The molecular formula is C12H23N5O. The highest BCUT2D eigenvalue weighted by molar-refractivity contribution is 5.95. The van der Waals surface area contributed by atoms with Gasteiger partial charge in [-0.15, -0.1) is 0 Å². The van der Waals surface area contributed by atoms with E-state index in [-0.39, 0.29) is 17.7 Å². The van der Waals surface area contributed by atoms with E-state index in [1.54, 1.807) is 0 Å². The SMILES string of the molecule is C=NCCCC(CN=CN)C(=O)N=C(N)C(C)C. The summed E-state index contributed by atoms with van der Waals surface area (Å²) in [5.74, 6) is -0.120. The Hall–Kier alpha value is -1.72. The number of amidine groups is 1. The molecule has 0 saturated heterocycles. The first-order valence-electron chi connectivity index (χ1n) is 6.03. The number of rotatable bonds is 8. The minimum absolute atomic E-state index is 0.0578. The summed E-state index contributed by atoms with van der Waals surface area (Å²) >= 11 is 0. The van der Waals surface area contributed by atoms with Crippen LogP contribution < -0.4 is 11.5 Å². The maximum absolute atomic E-state index is 11.9. The van der Waals surface area contributed by atoms with Crippen molar-refractivity contribution in [2.24, 2.45) is 38.3 Å². The molecule has 0 bridgehead atoms. The number of nitrogens with zero attached hydrogens (tertiary/aromatic N) is 3. The van der Waals surface area contributed by atoms with Gasteiger partial charge in [-0.2, -0.15) is 0 Å².